The normalized spacial score (nSPS) is 22.8. The summed E-state index contributed by atoms with van der Waals surface area (Å²) in [5.74, 6) is 0.576. The Kier molecular flexibility index (Phi) is 5.46. The summed E-state index contributed by atoms with van der Waals surface area (Å²) in [5, 5.41) is 8.35. The first-order chi connectivity index (χ1) is 15.7. The van der Waals surface area contributed by atoms with Crippen LogP contribution in [0.4, 0.5) is 0 Å². The molecule has 2 aromatic carbocycles. The van der Waals surface area contributed by atoms with Crippen molar-refractivity contribution in [2.24, 2.45) is 5.41 Å². The van der Waals surface area contributed by atoms with Gasteiger partial charge in [0.1, 0.15) is 18.1 Å². The molecule has 0 atom stereocenters. The number of halogens is 2. The van der Waals surface area contributed by atoms with Crippen LogP contribution >= 0.6 is 23.2 Å². The van der Waals surface area contributed by atoms with Crippen LogP contribution in [0, 0.1) is 12.3 Å². The molecule has 1 amide bonds. The fourth-order valence-corrected chi connectivity index (χ4v) is 5.34. The SMILES string of the molecule is Cc1cc(OCC(=O)CC23CC(NC(=O)c4cc(-c5ccc(Cl)cc5)no4)(C2)C3)ccc1Cl. The zero-order valence-electron chi connectivity index (χ0n) is 18.0. The van der Waals surface area contributed by atoms with Gasteiger partial charge >= 0.3 is 0 Å². The Morgan fingerprint density at radius 2 is 1.82 bits per heavy atom. The van der Waals surface area contributed by atoms with E-state index in [2.05, 4.69) is 10.5 Å². The Hall–Kier alpha value is -2.83. The fourth-order valence-electron chi connectivity index (χ4n) is 5.10. The Morgan fingerprint density at radius 3 is 2.52 bits per heavy atom. The number of ether oxygens (including phenoxy) is 1. The number of ketones is 1. The quantitative estimate of drug-likeness (QED) is 0.446. The minimum Gasteiger partial charge on any atom is -0.486 e. The third-order valence-electron chi connectivity index (χ3n) is 6.49. The highest BCUT2D eigenvalue weighted by atomic mass is 35.5. The highest BCUT2D eigenvalue weighted by Gasteiger charge is 2.68. The lowest BCUT2D eigenvalue weighted by Gasteiger charge is -2.70. The van der Waals surface area contributed by atoms with Crippen molar-refractivity contribution in [2.45, 2.75) is 38.1 Å². The average molecular weight is 485 g/mol. The van der Waals surface area contributed by atoms with Crippen LogP contribution in [0.2, 0.25) is 10.0 Å². The number of aryl methyl sites for hydroxylation is 1. The first-order valence-corrected chi connectivity index (χ1v) is 11.5. The van der Waals surface area contributed by atoms with Crippen molar-refractivity contribution in [3.8, 4) is 17.0 Å². The van der Waals surface area contributed by atoms with Crippen LogP contribution in [0.15, 0.2) is 53.1 Å². The number of Topliss-reactive ketones (excluding diaryl/α,β-unsaturated/α-hetero) is 1. The molecule has 0 radical (unpaired) electrons. The maximum Gasteiger partial charge on any atom is 0.290 e. The lowest BCUT2D eigenvalue weighted by molar-refractivity contribution is -0.162. The van der Waals surface area contributed by atoms with E-state index < -0.39 is 0 Å². The van der Waals surface area contributed by atoms with Gasteiger partial charge in [-0.3, -0.25) is 9.59 Å². The molecular weight excluding hydrogens is 463 g/mol. The number of aromatic nitrogens is 1. The standard InChI is InChI=1S/C25H22Cl2N2O4/c1-15-8-19(6-7-20(15)27)32-11-18(30)10-24-12-25(13-24,14-24)28-23(31)22-9-21(29-33-22)16-2-4-17(26)5-3-16/h2-9H,10-14H2,1H3,(H,28,31). The summed E-state index contributed by atoms with van der Waals surface area (Å²) < 4.78 is 10.9. The van der Waals surface area contributed by atoms with Gasteiger partial charge in [0.15, 0.2) is 5.78 Å². The van der Waals surface area contributed by atoms with E-state index in [0.717, 1.165) is 30.4 Å². The molecule has 6 nitrogen and oxygen atoms in total. The van der Waals surface area contributed by atoms with Crippen LogP contribution in [-0.4, -0.2) is 29.0 Å². The summed E-state index contributed by atoms with van der Waals surface area (Å²) in [6, 6.07) is 14.1. The molecule has 1 aromatic heterocycles. The van der Waals surface area contributed by atoms with Gasteiger partial charge in [-0.1, -0.05) is 40.5 Å². The molecule has 3 aliphatic carbocycles. The van der Waals surface area contributed by atoms with Crippen molar-refractivity contribution in [3.05, 3.63) is 69.9 Å². The van der Waals surface area contributed by atoms with Crippen molar-refractivity contribution < 1.29 is 18.8 Å². The molecule has 0 unspecified atom stereocenters. The number of carbonyl (C=O) groups is 2. The molecular formula is C25H22Cl2N2O4. The van der Waals surface area contributed by atoms with Crippen molar-refractivity contribution in [2.75, 3.05) is 6.61 Å². The Balaban J connectivity index is 1.10. The molecule has 1 N–H and O–H groups in total. The Morgan fingerprint density at radius 1 is 1.09 bits per heavy atom. The summed E-state index contributed by atoms with van der Waals surface area (Å²) >= 11 is 11.9. The third kappa shape index (κ3) is 4.37. The summed E-state index contributed by atoms with van der Waals surface area (Å²) in [6.07, 6.45) is 2.82. The van der Waals surface area contributed by atoms with Crippen molar-refractivity contribution in [1.82, 2.24) is 10.5 Å². The van der Waals surface area contributed by atoms with E-state index >= 15 is 0 Å². The minimum absolute atomic E-state index is 0.0283. The Bertz CT molecular complexity index is 1220. The lowest BCUT2D eigenvalue weighted by atomic mass is 9.38. The average Bonchev–Trinajstić information content (AvgIpc) is 3.23. The van der Waals surface area contributed by atoms with Gasteiger partial charge in [-0.2, -0.15) is 0 Å². The van der Waals surface area contributed by atoms with Gasteiger partial charge in [-0.25, -0.2) is 0 Å². The molecule has 2 bridgehead atoms. The first kappa shape index (κ1) is 22.0. The maximum absolute atomic E-state index is 12.7. The lowest BCUT2D eigenvalue weighted by Crippen LogP contribution is -2.75. The minimum atomic E-state index is -0.288. The molecule has 3 aliphatic rings. The predicted octanol–water partition coefficient (Wildman–Crippen LogP) is 5.65. The monoisotopic (exact) mass is 484 g/mol. The van der Waals surface area contributed by atoms with Crippen LogP contribution in [0.25, 0.3) is 11.3 Å². The molecule has 0 saturated heterocycles. The second-order valence-corrected chi connectivity index (χ2v) is 10.1. The van der Waals surface area contributed by atoms with Gasteiger partial charge in [-0.15, -0.1) is 0 Å². The van der Waals surface area contributed by atoms with Crippen LogP contribution in [-0.2, 0) is 4.79 Å². The summed E-state index contributed by atoms with van der Waals surface area (Å²) in [7, 11) is 0. The second-order valence-electron chi connectivity index (χ2n) is 9.26. The van der Waals surface area contributed by atoms with E-state index in [1.165, 1.54) is 0 Å². The summed E-state index contributed by atoms with van der Waals surface area (Å²) in [5.41, 5.74) is 2.03. The molecule has 33 heavy (non-hydrogen) atoms. The third-order valence-corrected chi connectivity index (χ3v) is 7.17. The van der Waals surface area contributed by atoms with Crippen LogP contribution in [0.3, 0.4) is 0 Å². The van der Waals surface area contributed by atoms with Gasteiger partial charge in [0.05, 0.1) is 0 Å². The maximum atomic E-state index is 12.7. The number of nitrogens with zero attached hydrogens (tertiary/aromatic N) is 1. The van der Waals surface area contributed by atoms with Gasteiger partial charge in [-0.05, 0) is 67.5 Å². The smallest absolute Gasteiger partial charge is 0.290 e. The highest BCUT2D eigenvalue weighted by molar-refractivity contribution is 6.31. The topological polar surface area (TPSA) is 81.4 Å². The number of hydrogen-bond acceptors (Lipinski definition) is 5. The number of carbonyl (C=O) groups excluding carboxylic acids is 2. The summed E-state index contributed by atoms with van der Waals surface area (Å²) in [6.45, 7) is 1.93. The molecule has 3 fully saturated rings. The molecule has 3 saturated carbocycles. The van der Waals surface area contributed by atoms with Gasteiger partial charge in [0, 0.05) is 33.6 Å². The molecule has 1 heterocycles. The Labute approximate surface area is 201 Å². The number of rotatable bonds is 8. The molecule has 0 aliphatic heterocycles. The van der Waals surface area contributed by atoms with Crippen LogP contribution in [0.5, 0.6) is 5.75 Å². The number of nitrogens with one attached hydrogen (secondary N) is 1. The fraction of sp³-hybridized carbons (Fsp3) is 0.320. The van der Waals surface area contributed by atoms with Crippen molar-refractivity contribution in [1.29, 1.82) is 0 Å². The van der Waals surface area contributed by atoms with E-state index in [9.17, 15) is 9.59 Å². The first-order valence-electron chi connectivity index (χ1n) is 10.7. The van der Waals surface area contributed by atoms with Gasteiger partial charge < -0.3 is 14.6 Å². The van der Waals surface area contributed by atoms with E-state index in [-0.39, 0.29) is 35.0 Å². The zero-order chi connectivity index (χ0) is 23.2. The number of hydrogen-bond donors (Lipinski definition) is 1. The predicted molar refractivity (Wildman–Crippen MR) is 125 cm³/mol. The van der Waals surface area contributed by atoms with Gasteiger partial charge in [0.2, 0.25) is 5.76 Å². The molecule has 8 heteroatoms. The van der Waals surface area contributed by atoms with Crippen molar-refractivity contribution in [3.63, 3.8) is 0 Å². The van der Waals surface area contributed by atoms with E-state index in [1.54, 1.807) is 30.3 Å². The molecule has 170 valence electrons. The zero-order valence-corrected chi connectivity index (χ0v) is 19.5. The van der Waals surface area contributed by atoms with E-state index in [4.69, 9.17) is 32.5 Å². The highest BCUT2D eigenvalue weighted by Crippen LogP contribution is 2.69. The molecule has 3 aromatic rings. The van der Waals surface area contributed by atoms with Crippen LogP contribution in [0.1, 0.15) is 41.8 Å². The molecule has 0 spiro atoms. The largest absolute Gasteiger partial charge is 0.486 e. The second kappa shape index (κ2) is 8.19. The van der Waals surface area contributed by atoms with E-state index in [0.29, 0.717) is 27.9 Å². The van der Waals surface area contributed by atoms with E-state index in [1.807, 2.05) is 25.1 Å². The van der Waals surface area contributed by atoms with Crippen molar-refractivity contribution >= 4 is 34.9 Å². The number of benzene rings is 2. The number of amides is 1. The van der Waals surface area contributed by atoms with Gasteiger partial charge in [0.25, 0.3) is 5.91 Å². The molecule has 6 rings (SSSR count). The van der Waals surface area contributed by atoms with Crippen LogP contribution < -0.4 is 10.1 Å². The summed E-state index contributed by atoms with van der Waals surface area (Å²) in [4.78, 5) is 25.1.